The molecule has 3 aliphatic heterocycles. The standard InChI is InChI=1S/C17H20N2O3/c1-10(20)14-15-11-5-3-4-6-13(11)22-17(18-16(14)21)7-8-19(2)9-12(15)17/h3-6,12,15,20H,7-9H2,1-2H3,(H,18,21)/b14-10-. The minimum absolute atomic E-state index is 0.0982. The number of ether oxygens (including phenoxy) is 1. The molecule has 0 aliphatic carbocycles. The van der Waals surface area contributed by atoms with E-state index in [1.54, 1.807) is 6.92 Å². The zero-order chi connectivity index (χ0) is 15.5. The maximum absolute atomic E-state index is 12.6. The van der Waals surface area contributed by atoms with Crippen LogP contribution in [0.5, 0.6) is 5.75 Å². The van der Waals surface area contributed by atoms with E-state index in [-0.39, 0.29) is 23.5 Å². The molecule has 3 unspecified atom stereocenters. The summed E-state index contributed by atoms with van der Waals surface area (Å²) < 4.78 is 6.28. The van der Waals surface area contributed by atoms with Crippen LogP contribution < -0.4 is 10.1 Å². The van der Waals surface area contributed by atoms with Crippen molar-refractivity contribution < 1.29 is 14.6 Å². The third-order valence-electron chi connectivity index (χ3n) is 5.19. The van der Waals surface area contributed by atoms with E-state index in [0.717, 1.165) is 30.8 Å². The van der Waals surface area contributed by atoms with Gasteiger partial charge in [-0.3, -0.25) is 4.79 Å². The lowest BCUT2D eigenvalue weighted by Crippen LogP contribution is -2.70. The van der Waals surface area contributed by atoms with Gasteiger partial charge in [0.25, 0.3) is 5.91 Å². The van der Waals surface area contributed by atoms with Crippen molar-refractivity contribution in [2.24, 2.45) is 5.92 Å². The number of para-hydroxylation sites is 1. The third kappa shape index (κ3) is 1.72. The second kappa shape index (κ2) is 4.49. The molecule has 3 heterocycles. The summed E-state index contributed by atoms with van der Waals surface area (Å²) in [7, 11) is 2.08. The molecule has 2 N–H and O–H groups in total. The van der Waals surface area contributed by atoms with E-state index >= 15 is 0 Å². The number of allylic oxidation sites excluding steroid dienone is 1. The molecule has 4 rings (SSSR count). The molecular formula is C17H20N2O3. The summed E-state index contributed by atoms with van der Waals surface area (Å²) in [6.45, 7) is 3.30. The molecule has 3 atom stereocenters. The Balaban J connectivity index is 1.95. The van der Waals surface area contributed by atoms with Gasteiger partial charge in [-0.15, -0.1) is 0 Å². The fraction of sp³-hybridized carbons (Fsp3) is 0.471. The second-order valence-corrected chi connectivity index (χ2v) is 6.58. The Morgan fingerprint density at radius 3 is 3.00 bits per heavy atom. The predicted molar refractivity (Wildman–Crippen MR) is 81.6 cm³/mol. The van der Waals surface area contributed by atoms with Crippen LogP contribution in [0, 0.1) is 5.92 Å². The molecule has 1 amide bonds. The molecule has 0 aromatic heterocycles. The van der Waals surface area contributed by atoms with Crippen molar-refractivity contribution in [2.75, 3.05) is 20.1 Å². The van der Waals surface area contributed by atoms with E-state index in [9.17, 15) is 9.90 Å². The first-order chi connectivity index (χ1) is 10.5. The van der Waals surface area contributed by atoms with Crippen LogP contribution in [-0.2, 0) is 4.79 Å². The molecule has 5 heteroatoms. The van der Waals surface area contributed by atoms with Crippen LogP contribution in [0.15, 0.2) is 35.6 Å². The molecule has 22 heavy (non-hydrogen) atoms. The number of hydrogen-bond acceptors (Lipinski definition) is 4. The second-order valence-electron chi connectivity index (χ2n) is 6.58. The molecule has 2 saturated heterocycles. The lowest BCUT2D eigenvalue weighted by molar-refractivity contribution is -0.144. The van der Waals surface area contributed by atoms with Crippen LogP contribution in [-0.4, -0.2) is 41.8 Å². The third-order valence-corrected chi connectivity index (χ3v) is 5.19. The van der Waals surface area contributed by atoms with Crippen molar-refractivity contribution in [3.8, 4) is 5.75 Å². The number of rotatable bonds is 0. The number of nitrogens with zero attached hydrogens (tertiary/aromatic N) is 1. The van der Waals surface area contributed by atoms with Gasteiger partial charge < -0.3 is 20.1 Å². The van der Waals surface area contributed by atoms with E-state index in [0.29, 0.717) is 5.57 Å². The Bertz CT molecular complexity index is 680. The molecule has 2 bridgehead atoms. The first-order valence-corrected chi connectivity index (χ1v) is 7.70. The molecule has 116 valence electrons. The average Bonchev–Trinajstić information content (AvgIpc) is 2.46. The van der Waals surface area contributed by atoms with Crippen molar-refractivity contribution >= 4 is 5.91 Å². The van der Waals surface area contributed by atoms with Gasteiger partial charge in [-0.05, 0) is 20.0 Å². The lowest BCUT2D eigenvalue weighted by Gasteiger charge is -2.56. The maximum Gasteiger partial charge on any atom is 0.254 e. The van der Waals surface area contributed by atoms with E-state index < -0.39 is 5.72 Å². The van der Waals surface area contributed by atoms with Crippen LogP contribution >= 0.6 is 0 Å². The van der Waals surface area contributed by atoms with Gasteiger partial charge in [0.05, 0.1) is 11.3 Å². The Hall–Kier alpha value is -2.01. The highest BCUT2D eigenvalue weighted by Gasteiger charge is 2.58. The fourth-order valence-electron chi connectivity index (χ4n) is 4.19. The molecule has 0 saturated carbocycles. The molecule has 0 radical (unpaired) electrons. The largest absolute Gasteiger partial charge is 0.512 e. The summed E-state index contributed by atoms with van der Waals surface area (Å²) >= 11 is 0. The SMILES string of the molecule is C/C(O)=C1/C(=O)NC23CCN(C)CC2C1c1ccccc1O3. The van der Waals surface area contributed by atoms with Gasteiger partial charge in [0.15, 0.2) is 5.72 Å². The van der Waals surface area contributed by atoms with E-state index in [1.807, 2.05) is 24.3 Å². The van der Waals surface area contributed by atoms with Gasteiger partial charge in [0.2, 0.25) is 0 Å². The Morgan fingerprint density at radius 1 is 1.45 bits per heavy atom. The Morgan fingerprint density at radius 2 is 2.23 bits per heavy atom. The van der Waals surface area contributed by atoms with Gasteiger partial charge in [-0.25, -0.2) is 0 Å². The van der Waals surface area contributed by atoms with E-state index in [1.165, 1.54) is 0 Å². The first-order valence-electron chi connectivity index (χ1n) is 7.70. The van der Waals surface area contributed by atoms with Crippen LogP contribution in [0.3, 0.4) is 0 Å². The molecule has 3 aliphatic rings. The Labute approximate surface area is 129 Å². The molecular weight excluding hydrogens is 280 g/mol. The van der Waals surface area contributed by atoms with Crippen molar-refractivity contribution in [3.63, 3.8) is 0 Å². The first kappa shape index (κ1) is 13.6. The summed E-state index contributed by atoms with van der Waals surface area (Å²) in [5, 5.41) is 13.2. The minimum Gasteiger partial charge on any atom is -0.512 e. The monoisotopic (exact) mass is 300 g/mol. The summed E-state index contributed by atoms with van der Waals surface area (Å²) in [5.74, 6) is 0.691. The smallest absolute Gasteiger partial charge is 0.254 e. The predicted octanol–water partition coefficient (Wildman–Crippen LogP) is 1.77. The van der Waals surface area contributed by atoms with Crippen molar-refractivity contribution in [2.45, 2.75) is 25.0 Å². The molecule has 0 spiro atoms. The number of aliphatic hydroxyl groups excluding tert-OH is 1. The van der Waals surface area contributed by atoms with Crippen LogP contribution in [0.25, 0.3) is 0 Å². The normalized spacial score (nSPS) is 35.8. The zero-order valence-corrected chi connectivity index (χ0v) is 12.8. The van der Waals surface area contributed by atoms with Gasteiger partial charge in [-0.1, -0.05) is 18.2 Å². The molecule has 1 aromatic carbocycles. The van der Waals surface area contributed by atoms with E-state index in [4.69, 9.17) is 4.74 Å². The number of aliphatic hydroxyl groups is 1. The van der Waals surface area contributed by atoms with Gasteiger partial charge in [0.1, 0.15) is 5.75 Å². The van der Waals surface area contributed by atoms with Gasteiger partial charge >= 0.3 is 0 Å². The van der Waals surface area contributed by atoms with Crippen LogP contribution in [0.4, 0.5) is 0 Å². The van der Waals surface area contributed by atoms with Crippen LogP contribution in [0.1, 0.15) is 24.8 Å². The number of likely N-dealkylation sites (tertiary alicyclic amines) is 1. The molecule has 2 fully saturated rings. The van der Waals surface area contributed by atoms with Crippen molar-refractivity contribution in [1.29, 1.82) is 0 Å². The Kier molecular flexibility index (Phi) is 2.78. The number of hydrogen-bond donors (Lipinski definition) is 2. The highest BCUT2D eigenvalue weighted by atomic mass is 16.5. The topological polar surface area (TPSA) is 61.8 Å². The fourth-order valence-corrected chi connectivity index (χ4v) is 4.19. The van der Waals surface area contributed by atoms with Gasteiger partial charge in [0, 0.05) is 36.9 Å². The highest BCUT2D eigenvalue weighted by Crippen LogP contribution is 2.53. The number of piperidine rings is 2. The number of carbonyl (C=O) groups is 1. The van der Waals surface area contributed by atoms with Gasteiger partial charge in [-0.2, -0.15) is 0 Å². The lowest BCUT2D eigenvalue weighted by atomic mass is 9.67. The minimum atomic E-state index is -0.651. The number of nitrogens with one attached hydrogen (secondary N) is 1. The summed E-state index contributed by atoms with van der Waals surface area (Å²) in [6, 6.07) is 7.84. The number of fused-ring (bicyclic) bond motifs is 2. The number of benzene rings is 1. The zero-order valence-electron chi connectivity index (χ0n) is 12.8. The number of carbonyl (C=O) groups excluding carboxylic acids is 1. The quantitative estimate of drug-likeness (QED) is 0.566. The number of amides is 1. The maximum atomic E-state index is 12.6. The van der Waals surface area contributed by atoms with Crippen molar-refractivity contribution in [3.05, 3.63) is 41.2 Å². The van der Waals surface area contributed by atoms with E-state index in [2.05, 4.69) is 17.3 Å². The molecule has 5 nitrogen and oxygen atoms in total. The summed E-state index contributed by atoms with van der Waals surface area (Å²) in [6.07, 6.45) is 0.752. The van der Waals surface area contributed by atoms with Crippen molar-refractivity contribution in [1.82, 2.24) is 10.2 Å². The van der Waals surface area contributed by atoms with Crippen LogP contribution in [0.2, 0.25) is 0 Å². The average molecular weight is 300 g/mol. The molecule has 1 aromatic rings. The summed E-state index contributed by atoms with van der Waals surface area (Å²) in [5.41, 5.74) is 0.824. The highest BCUT2D eigenvalue weighted by molar-refractivity contribution is 5.97. The summed E-state index contributed by atoms with van der Waals surface area (Å²) in [4.78, 5) is 14.8.